The quantitative estimate of drug-likeness (QED) is 0.319. The van der Waals surface area contributed by atoms with Gasteiger partial charge in [-0.1, -0.05) is 70.0 Å². The van der Waals surface area contributed by atoms with Gasteiger partial charge in [0.25, 0.3) is 0 Å². The summed E-state index contributed by atoms with van der Waals surface area (Å²) in [6.07, 6.45) is 14.2. The molecule has 0 aromatic heterocycles. The Morgan fingerprint density at radius 1 is 0.966 bits per heavy atom. The molecule has 0 atom stereocenters. The van der Waals surface area contributed by atoms with Crippen LogP contribution in [-0.4, -0.2) is 8.80 Å². The first-order chi connectivity index (χ1) is 14.1. The van der Waals surface area contributed by atoms with Crippen molar-refractivity contribution in [3.05, 3.63) is 34.9 Å². The van der Waals surface area contributed by atoms with Gasteiger partial charge in [0.05, 0.1) is 0 Å². The van der Waals surface area contributed by atoms with Gasteiger partial charge in [-0.3, -0.25) is 0 Å². The molecule has 1 aliphatic heterocycles. The van der Waals surface area contributed by atoms with E-state index in [4.69, 9.17) is 5.26 Å². The van der Waals surface area contributed by atoms with Crippen LogP contribution in [0.2, 0.25) is 18.1 Å². The zero-order chi connectivity index (χ0) is 20.6. The van der Waals surface area contributed by atoms with E-state index in [0.717, 1.165) is 30.6 Å². The van der Waals surface area contributed by atoms with Crippen molar-refractivity contribution in [2.45, 2.75) is 95.7 Å². The number of benzene rings is 1. The Morgan fingerprint density at radius 2 is 1.59 bits per heavy atom. The Morgan fingerprint density at radius 3 is 2.17 bits per heavy atom. The molecule has 1 aromatic rings. The predicted molar refractivity (Wildman–Crippen MR) is 119 cm³/mol. The minimum absolute atomic E-state index is 0.351. The molecular formula is C25H37F2NSi. The van der Waals surface area contributed by atoms with Gasteiger partial charge < -0.3 is 0 Å². The number of unbranched alkanes of at least 4 members (excludes halogenated alkanes) is 1. The molecule has 0 N–H and O–H groups in total. The highest BCUT2D eigenvalue weighted by molar-refractivity contribution is 6.58. The van der Waals surface area contributed by atoms with E-state index in [1.54, 1.807) is 24.2 Å². The largest absolute Gasteiger partial charge is 0.205 e. The second-order valence-electron chi connectivity index (χ2n) is 9.64. The summed E-state index contributed by atoms with van der Waals surface area (Å²) < 4.78 is 27.4. The van der Waals surface area contributed by atoms with E-state index in [2.05, 4.69) is 6.92 Å². The maximum absolute atomic E-state index is 13.7. The molecule has 0 bridgehead atoms. The Balaban J connectivity index is 1.32. The first-order valence-electron chi connectivity index (χ1n) is 12.0. The molecule has 1 heterocycles. The van der Waals surface area contributed by atoms with E-state index in [1.807, 2.05) is 0 Å². The van der Waals surface area contributed by atoms with Crippen LogP contribution < -0.4 is 0 Å². The van der Waals surface area contributed by atoms with Crippen molar-refractivity contribution in [1.82, 2.24) is 0 Å². The molecule has 1 aliphatic carbocycles. The van der Waals surface area contributed by atoms with Gasteiger partial charge in [0.2, 0.25) is 0 Å². The van der Waals surface area contributed by atoms with Crippen LogP contribution in [0.1, 0.15) is 82.3 Å². The third kappa shape index (κ3) is 6.38. The topological polar surface area (TPSA) is 23.8 Å². The van der Waals surface area contributed by atoms with E-state index in [1.165, 1.54) is 63.5 Å². The van der Waals surface area contributed by atoms with E-state index in [0.29, 0.717) is 12.0 Å². The Bertz CT molecular complexity index is 660. The van der Waals surface area contributed by atoms with E-state index >= 15 is 0 Å². The lowest BCUT2D eigenvalue weighted by Crippen LogP contribution is -2.28. The monoisotopic (exact) mass is 417 g/mol. The molecule has 0 spiro atoms. The van der Waals surface area contributed by atoms with Gasteiger partial charge in [-0.25, -0.2) is 8.78 Å². The molecule has 0 radical (unpaired) electrons. The minimum atomic E-state index is -0.729. The zero-order valence-electron chi connectivity index (χ0n) is 18.1. The number of hydrogen-bond donors (Lipinski definition) is 0. The van der Waals surface area contributed by atoms with Crippen molar-refractivity contribution in [3.8, 4) is 6.07 Å². The van der Waals surface area contributed by atoms with Gasteiger partial charge in [-0.15, -0.1) is 0 Å². The third-order valence-electron chi connectivity index (χ3n) is 7.69. The van der Waals surface area contributed by atoms with Gasteiger partial charge in [0.15, 0.2) is 0 Å². The molecule has 1 nitrogen and oxygen atoms in total. The van der Waals surface area contributed by atoms with Crippen LogP contribution >= 0.6 is 0 Å². The highest BCUT2D eigenvalue weighted by Gasteiger charge is 2.30. The minimum Gasteiger partial charge on any atom is -0.205 e. The molecule has 1 aromatic carbocycles. The highest BCUT2D eigenvalue weighted by atomic mass is 28.3. The average Bonchev–Trinajstić information content (AvgIpc) is 2.72. The molecule has 1 saturated heterocycles. The smallest absolute Gasteiger partial charge is 0.144 e. The number of nitriles is 1. The summed E-state index contributed by atoms with van der Waals surface area (Å²) in [4.78, 5) is 0. The van der Waals surface area contributed by atoms with Gasteiger partial charge in [-0.05, 0) is 61.1 Å². The maximum atomic E-state index is 13.7. The number of halogens is 2. The van der Waals surface area contributed by atoms with E-state index in [9.17, 15) is 8.78 Å². The fraction of sp³-hybridized carbons (Fsp3) is 0.720. The summed E-state index contributed by atoms with van der Waals surface area (Å²) in [6.45, 7) is 2.35. The lowest BCUT2D eigenvalue weighted by molar-refractivity contribution is 0.184. The summed E-state index contributed by atoms with van der Waals surface area (Å²) in [7, 11) is -0.351. The maximum Gasteiger partial charge on any atom is 0.144 e. The zero-order valence-corrected chi connectivity index (χ0v) is 19.2. The van der Waals surface area contributed by atoms with Crippen molar-refractivity contribution >= 4 is 8.80 Å². The molecule has 160 valence electrons. The summed E-state index contributed by atoms with van der Waals surface area (Å²) in [5.74, 6) is 1.41. The Hall–Kier alpha value is -1.21. The summed E-state index contributed by atoms with van der Waals surface area (Å²) in [6, 6.07) is 9.02. The van der Waals surface area contributed by atoms with Crippen LogP contribution in [-0.2, 0) is 6.42 Å². The van der Waals surface area contributed by atoms with Crippen molar-refractivity contribution in [1.29, 1.82) is 5.26 Å². The molecule has 29 heavy (non-hydrogen) atoms. The van der Waals surface area contributed by atoms with Crippen LogP contribution in [0.5, 0.6) is 0 Å². The number of hydrogen-bond acceptors (Lipinski definition) is 1. The summed E-state index contributed by atoms with van der Waals surface area (Å²) >= 11 is 0. The van der Waals surface area contributed by atoms with E-state index in [-0.39, 0.29) is 8.80 Å². The highest BCUT2D eigenvalue weighted by Crippen LogP contribution is 2.42. The van der Waals surface area contributed by atoms with Gasteiger partial charge >= 0.3 is 0 Å². The normalized spacial score (nSPS) is 27.5. The van der Waals surface area contributed by atoms with Crippen molar-refractivity contribution < 1.29 is 8.78 Å². The first-order valence-corrected chi connectivity index (χ1v) is 14.4. The molecule has 1 saturated carbocycles. The van der Waals surface area contributed by atoms with Crippen molar-refractivity contribution in [2.24, 2.45) is 17.8 Å². The summed E-state index contributed by atoms with van der Waals surface area (Å²) in [5.41, 5.74) is 0.205. The molecular weight excluding hydrogens is 380 g/mol. The van der Waals surface area contributed by atoms with Crippen LogP contribution in [0.15, 0.2) is 12.1 Å². The van der Waals surface area contributed by atoms with Gasteiger partial charge in [0.1, 0.15) is 23.3 Å². The van der Waals surface area contributed by atoms with Crippen LogP contribution in [0.4, 0.5) is 8.78 Å². The molecule has 4 heteroatoms. The average molecular weight is 418 g/mol. The van der Waals surface area contributed by atoms with E-state index < -0.39 is 17.2 Å². The van der Waals surface area contributed by atoms with Crippen LogP contribution in [0, 0.1) is 40.7 Å². The predicted octanol–water partition coefficient (Wildman–Crippen LogP) is 7.40. The fourth-order valence-corrected chi connectivity index (χ4v) is 9.43. The van der Waals surface area contributed by atoms with Crippen molar-refractivity contribution in [2.75, 3.05) is 0 Å². The molecule has 3 rings (SSSR count). The molecule has 0 unspecified atom stereocenters. The standard InChI is InChI=1S/C25H37F2NSi/c1-2-13-29-14-11-22(12-15-29)21-9-7-19(8-10-21)5-3-4-6-20-16-24(26)23(18-28)25(27)17-20/h16-17,19,21-22,29H,2-15H2,1H3. The lowest BCUT2D eigenvalue weighted by atomic mass is 9.73. The Labute approximate surface area is 177 Å². The molecule has 2 aliphatic rings. The lowest BCUT2D eigenvalue weighted by Gasteiger charge is -2.37. The fourth-order valence-electron chi connectivity index (χ4n) is 5.94. The molecule has 2 fully saturated rings. The second kappa shape index (κ2) is 11.3. The van der Waals surface area contributed by atoms with Crippen LogP contribution in [0.3, 0.4) is 0 Å². The second-order valence-corrected chi connectivity index (χ2v) is 13.1. The molecule has 0 amide bonds. The Kier molecular flexibility index (Phi) is 8.72. The number of rotatable bonds is 8. The van der Waals surface area contributed by atoms with Crippen molar-refractivity contribution in [3.63, 3.8) is 0 Å². The number of nitrogens with zero attached hydrogens (tertiary/aromatic N) is 1. The number of aryl methyl sites for hydroxylation is 1. The van der Waals surface area contributed by atoms with Crippen LogP contribution in [0.25, 0.3) is 0 Å². The van der Waals surface area contributed by atoms with Gasteiger partial charge in [0, 0.05) is 8.80 Å². The SMILES string of the molecule is CCC[SiH]1CCC(C2CCC(CCCCc3cc(F)c(C#N)c(F)c3)CC2)CC1. The van der Waals surface area contributed by atoms with Gasteiger partial charge in [-0.2, -0.15) is 5.26 Å². The third-order valence-corrected chi connectivity index (χ3v) is 11.4. The first kappa shape index (κ1) is 22.5. The summed E-state index contributed by atoms with van der Waals surface area (Å²) in [5, 5.41) is 8.76.